The van der Waals surface area contributed by atoms with Gasteiger partial charge in [-0.3, -0.25) is 9.69 Å². The van der Waals surface area contributed by atoms with Gasteiger partial charge in [-0.25, -0.2) is 0 Å². The number of likely N-dealkylation sites (tertiary alicyclic amines) is 1. The van der Waals surface area contributed by atoms with Gasteiger partial charge in [0, 0.05) is 36.7 Å². The minimum Gasteiger partial charge on any atom is -0.496 e. The maximum Gasteiger partial charge on any atom is 0.170 e. The number of hydrogen-bond donors (Lipinski definition) is 0. The Morgan fingerprint density at radius 2 is 2.09 bits per heavy atom. The lowest BCUT2D eigenvalue weighted by Gasteiger charge is -2.39. The van der Waals surface area contributed by atoms with E-state index in [-0.39, 0.29) is 11.7 Å². The molecule has 0 radical (unpaired) electrons. The Bertz CT molecular complexity index is 557. The average molecular weight is 338 g/mol. The van der Waals surface area contributed by atoms with Gasteiger partial charge in [0.25, 0.3) is 0 Å². The molecule has 1 unspecified atom stereocenters. The largest absolute Gasteiger partial charge is 0.496 e. The van der Waals surface area contributed by atoms with Crippen LogP contribution in [0.15, 0.2) is 18.2 Å². The molecule has 0 bridgehead atoms. The molecule has 3 rings (SSSR count). The van der Waals surface area contributed by atoms with Crippen LogP contribution in [-0.4, -0.2) is 50.1 Å². The van der Waals surface area contributed by atoms with Crippen molar-refractivity contribution in [2.75, 3.05) is 33.4 Å². The maximum atomic E-state index is 13.0. The molecule has 0 aromatic heterocycles. The molecule has 23 heavy (non-hydrogen) atoms. The van der Waals surface area contributed by atoms with Crippen molar-refractivity contribution >= 4 is 17.4 Å². The van der Waals surface area contributed by atoms with E-state index in [1.165, 1.54) is 0 Å². The topological polar surface area (TPSA) is 38.8 Å². The summed E-state index contributed by atoms with van der Waals surface area (Å²) in [5.41, 5.74) is 0.610. The third-order valence-electron chi connectivity index (χ3n) is 4.96. The molecular weight excluding hydrogens is 314 g/mol. The number of benzene rings is 1. The van der Waals surface area contributed by atoms with Gasteiger partial charge in [0.15, 0.2) is 5.78 Å². The summed E-state index contributed by atoms with van der Waals surface area (Å²) < 4.78 is 10.8. The van der Waals surface area contributed by atoms with Crippen LogP contribution in [0.2, 0.25) is 5.02 Å². The number of rotatable bonds is 4. The Morgan fingerprint density at radius 3 is 2.83 bits per heavy atom. The van der Waals surface area contributed by atoms with Crippen LogP contribution in [0.5, 0.6) is 5.75 Å². The van der Waals surface area contributed by atoms with Crippen molar-refractivity contribution < 1.29 is 14.3 Å². The second kappa shape index (κ2) is 7.65. The molecule has 1 atom stereocenters. The van der Waals surface area contributed by atoms with Crippen molar-refractivity contribution in [3.8, 4) is 5.75 Å². The highest BCUT2D eigenvalue weighted by Crippen LogP contribution is 2.30. The quantitative estimate of drug-likeness (QED) is 0.789. The molecule has 0 saturated carbocycles. The predicted octanol–water partition coefficient (Wildman–Crippen LogP) is 3.42. The molecule has 1 aromatic carbocycles. The number of piperidine rings is 1. The summed E-state index contributed by atoms with van der Waals surface area (Å²) >= 11 is 6.08. The fourth-order valence-corrected chi connectivity index (χ4v) is 3.87. The summed E-state index contributed by atoms with van der Waals surface area (Å²) in [6.45, 7) is 3.59. The van der Waals surface area contributed by atoms with Crippen molar-refractivity contribution in [3.63, 3.8) is 0 Å². The first-order valence-corrected chi connectivity index (χ1v) is 8.76. The minimum absolute atomic E-state index is 0.0268. The SMILES string of the molecule is COc1ccc(Cl)cc1C(=O)C1CCCN(C2CCOCC2)C1. The Labute approximate surface area is 142 Å². The summed E-state index contributed by atoms with van der Waals surface area (Å²) in [5, 5.41) is 0.575. The molecule has 126 valence electrons. The van der Waals surface area contributed by atoms with Gasteiger partial charge in [-0.15, -0.1) is 0 Å². The molecule has 0 spiro atoms. The zero-order valence-corrected chi connectivity index (χ0v) is 14.3. The van der Waals surface area contributed by atoms with Crippen molar-refractivity contribution in [3.05, 3.63) is 28.8 Å². The number of ether oxygens (including phenoxy) is 2. The van der Waals surface area contributed by atoms with Gasteiger partial charge in [-0.2, -0.15) is 0 Å². The van der Waals surface area contributed by atoms with E-state index >= 15 is 0 Å². The standard InChI is InChI=1S/C18H24ClNO3/c1-22-17-5-4-14(19)11-16(17)18(21)13-3-2-8-20(12-13)15-6-9-23-10-7-15/h4-5,11,13,15H,2-3,6-10,12H2,1H3. The number of halogens is 1. The molecule has 0 N–H and O–H groups in total. The third-order valence-corrected chi connectivity index (χ3v) is 5.19. The second-order valence-electron chi connectivity index (χ2n) is 6.39. The van der Waals surface area contributed by atoms with Gasteiger partial charge in [0.1, 0.15) is 5.75 Å². The highest BCUT2D eigenvalue weighted by atomic mass is 35.5. The molecule has 2 fully saturated rings. The smallest absolute Gasteiger partial charge is 0.170 e. The number of ketones is 1. The Hall–Kier alpha value is -1.10. The summed E-state index contributed by atoms with van der Waals surface area (Å²) in [4.78, 5) is 15.4. The van der Waals surface area contributed by atoms with Crippen LogP contribution in [0.4, 0.5) is 0 Å². The molecule has 1 aromatic rings. The zero-order valence-electron chi connectivity index (χ0n) is 13.6. The van der Waals surface area contributed by atoms with Crippen LogP contribution in [-0.2, 0) is 4.74 Å². The second-order valence-corrected chi connectivity index (χ2v) is 6.82. The van der Waals surface area contributed by atoms with Gasteiger partial charge in [-0.1, -0.05) is 11.6 Å². The molecule has 2 saturated heterocycles. The van der Waals surface area contributed by atoms with Crippen LogP contribution < -0.4 is 4.74 Å². The summed E-state index contributed by atoms with van der Waals surface area (Å²) in [6.07, 6.45) is 4.15. The Kier molecular flexibility index (Phi) is 5.57. The van der Waals surface area contributed by atoms with E-state index in [9.17, 15) is 4.79 Å². The van der Waals surface area contributed by atoms with Gasteiger partial charge >= 0.3 is 0 Å². The molecule has 0 amide bonds. The number of carbonyl (C=O) groups excluding carboxylic acids is 1. The van der Waals surface area contributed by atoms with E-state index in [0.717, 1.165) is 52.0 Å². The van der Waals surface area contributed by atoms with Gasteiger partial charge in [-0.05, 0) is 50.4 Å². The van der Waals surface area contributed by atoms with Gasteiger partial charge < -0.3 is 9.47 Å². The predicted molar refractivity (Wildman–Crippen MR) is 90.5 cm³/mol. The van der Waals surface area contributed by atoms with Crippen molar-refractivity contribution in [2.24, 2.45) is 5.92 Å². The fraction of sp³-hybridized carbons (Fsp3) is 0.611. The normalized spacial score (nSPS) is 23.7. The lowest BCUT2D eigenvalue weighted by molar-refractivity contribution is 0.0183. The Morgan fingerprint density at radius 1 is 1.30 bits per heavy atom. The van der Waals surface area contributed by atoms with Crippen LogP contribution in [0.3, 0.4) is 0 Å². The Balaban J connectivity index is 1.73. The van der Waals surface area contributed by atoms with E-state index in [4.69, 9.17) is 21.1 Å². The van der Waals surface area contributed by atoms with Crippen molar-refractivity contribution in [1.29, 1.82) is 0 Å². The van der Waals surface area contributed by atoms with E-state index < -0.39 is 0 Å². The molecule has 0 aliphatic carbocycles. The van der Waals surface area contributed by atoms with Gasteiger partial charge in [0.05, 0.1) is 12.7 Å². The van der Waals surface area contributed by atoms with Crippen LogP contribution in [0.25, 0.3) is 0 Å². The highest BCUT2D eigenvalue weighted by molar-refractivity contribution is 6.31. The number of nitrogens with zero attached hydrogens (tertiary/aromatic N) is 1. The van der Waals surface area contributed by atoms with E-state index in [1.807, 2.05) is 0 Å². The van der Waals surface area contributed by atoms with Crippen LogP contribution in [0, 0.1) is 5.92 Å². The van der Waals surface area contributed by atoms with E-state index in [0.29, 0.717) is 22.4 Å². The average Bonchev–Trinajstić information content (AvgIpc) is 2.62. The van der Waals surface area contributed by atoms with Crippen molar-refractivity contribution in [2.45, 2.75) is 31.7 Å². The van der Waals surface area contributed by atoms with E-state index in [2.05, 4.69) is 4.90 Å². The minimum atomic E-state index is 0.0268. The van der Waals surface area contributed by atoms with Crippen molar-refractivity contribution in [1.82, 2.24) is 4.90 Å². The highest BCUT2D eigenvalue weighted by Gasteiger charge is 2.32. The first-order chi connectivity index (χ1) is 11.2. The van der Waals surface area contributed by atoms with Gasteiger partial charge in [0.2, 0.25) is 0 Å². The summed E-state index contributed by atoms with van der Waals surface area (Å²) in [7, 11) is 1.59. The fourth-order valence-electron chi connectivity index (χ4n) is 3.70. The number of Topliss-reactive ketones (excluding diaryl/α,β-unsaturated/α-hetero) is 1. The molecule has 2 aliphatic rings. The molecule has 5 heteroatoms. The maximum absolute atomic E-state index is 13.0. The molecule has 2 aliphatic heterocycles. The molecule has 2 heterocycles. The third kappa shape index (κ3) is 3.87. The first-order valence-electron chi connectivity index (χ1n) is 8.38. The number of hydrogen-bond acceptors (Lipinski definition) is 4. The zero-order chi connectivity index (χ0) is 16.2. The van der Waals surface area contributed by atoms with Crippen LogP contribution in [0.1, 0.15) is 36.0 Å². The lowest BCUT2D eigenvalue weighted by atomic mass is 9.88. The lowest BCUT2D eigenvalue weighted by Crippen LogP contribution is -2.46. The molecule has 4 nitrogen and oxygen atoms in total. The number of methoxy groups -OCH3 is 1. The van der Waals surface area contributed by atoms with Crippen LogP contribution >= 0.6 is 11.6 Å². The summed E-state index contributed by atoms with van der Waals surface area (Å²) in [5.74, 6) is 0.794. The first kappa shape index (κ1) is 16.7. The molecular formula is C18H24ClNO3. The van der Waals surface area contributed by atoms with E-state index in [1.54, 1.807) is 25.3 Å². The number of carbonyl (C=O) groups is 1. The summed E-state index contributed by atoms with van der Waals surface area (Å²) in [6, 6.07) is 5.82. The monoisotopic (exact) mass is 337 g/mol.